The van der Waals surface area contributed by atoms with Crippen LogP contribution < -0.4 is 0 Å². The third-order valence-corrected chi connectivity index (χ3v) is 3.27. The number of hydrogen-bond donors (Lipinski definition) is 0. The first-order valence-electron chi connectivity index (χ1n) is 5.84. The van der Waals surface area contributed by atoms with E-state index in [4.69, 9.17) is 20.8 Å². The van der Waals surface area contributed by atoms with E-state index in [0.29, 0.717) is 0 Å². The van der Waals surface area contributed by atoms with Crippen LogP contribution in [0.15, 0.2) is 0 Å². The van der Waals surface area contributed by atoms with Gasteiger partial charge in [-0.2, -0.15) is 0 Å². The van der Waals surface area contributed by atoms with Crippen LogP contribution in [0.4, 0.5) is 0 Å². The molecule has 0 saturated carbocycles. The van der Waals surface area contributed by atoms with Gasteiger partial charge in [0.2, 0.25) is 0 Å². The number of ether oxygens (including phenoxy) is 1. The molecule has 0 saturated heterocycles. The lowest BCUT2D eigenvalue weighted by Crippen LogP contribution is -2.27. The Morgan fingerprint density at radius 2 is 1.53 bits per heavy atom. The number of rotatable bonds is 10. The average molecular weight is 253 g/mol. The summed E-state index contributed by atoms with van der Waals surface area (Å²) in [6.07, 6.45) is 4.71. The van der Waals surface area contributed by atoms with Gasteiger partial charge in [-0.1, -0.05) is 12.8 Å². The summed E-state index contributed by atoms with van der Waals surface area (Å²) in [5.41, 5.74) is 0. The second-order valence-corrected chi connectivity index (χ2v) is 9.57. The number of hydrogen-bond acceptors (Lipinski definition) is 2. The quantitative estimate of drug-likeness (QED) is 0.336. The molecular formula is C11H25ClO2Si. The lowest BCUT2D eigenvalue weighted by molar-refractivity contribution is 0.0950. The van der Waals surface area contributed by atoms with E-state index in [9.17, 15) is 0 Å². The first-order chi connectivity index (χ1) is 7.06. The van der Waals surface area contributed by atoms with Gasteiger partial charge in [0.25, 0.3) is 0 Å². The predicted molar refractivity (Wildman–Crippen MR) is 69.3 cm³/mol. The van der Waals surface area contributed by atoms with Crippen LogP contribution in [0, 0.1) is 0 Å². The minimum absolute atomic E-state index is 0.736. The highest BCUT2D eigenvalue weighted by Crippen LogP contribution is 2.03. The van der Waals surface area contributed by atoms with Crippen LogP contribution >= 0.6 is 11.6 Å². The van der Waals surface area contributed by atoms with Crippen LogP contribution in [-0.2, 0) is 9.16 Å². The van der Waals surface area contributed by atoms with Crippen molar-refractivity contribution in [3.05, 3.63) is 0 Å². The van der Waals surface area contributed by atoms with Crippen molar-refractivity contribution in [3.63, 3.8) is 0 Å². The largest absolute Gasteiger partial charge is 0.415 e. The molecule has 2 nitrogen and oxygen atoms in total. The molecule has 0 aliphatic heterocycles. The van der Waals surface area contributed by atoms with Crippen molar-refractivity contribution in [1.29, 1.82) is 0 Å². The second kappa shape index (κ2) is 9.64. The van der Waals surface area contributed by atoms with Crippen molar-refractivity contribution in [2.24, 2.45) is 0 Å². The number of halogens is 1. The fraction of sp³-hybridized carbons (Fsp3) is 1.00. The Labute approximate surface area is 100 Å². The molecule has 0 aliphatic carbocycles. The van der Waals surface area contributed by atoms with Crippen LogP contribution in [-0.4, -0.2) is 34.0 Å². The minimum Gasteiger partial charge on any atom is -0.415 e. The Kier molecular flexibility index (Phi) is 9.91. The lowest BCUT2D eigenvalue weighted by Gasteiger charge is -2.16. The third-order valence-electron chi connectivity index (χ3n) is 1.94. The maximum Gasteiger partial charge on any atom is 0.183 e. The highest BCUT2D eigenvalue weighted by atomic mass is 35.5. The van der Waals surface area contributed by atoms with E-state index in [1.807, 2.05) is 0 Å². The molecule has 0 heterocycles. The zero-order valence-electron chi connectivity index (χ0n) is 10.4. The van der Waals surface area contributed by atoms with Gasteiger partial charge in [0.15, 0.2) is 8.32 Å². The van der Waals surface area contributed by atoms with E-state index in [1.54, 1.807) is 0 Å². The van der Waals surface area contributed by atoms with Gasteiger partial charge < -0.3 is 9.16 Å². The molecule has 0 aromatic rings. The Morgan fingerprint density at radius 3 is 2.13 bits per heavy atom. The van der Waals surface area contributed by atoms with E-state index in [-0.39, 0.29) is 0 Å². The van der Waals surface area contributed by atoms with Crippen LogP contribution in [0.3, 0.4) is 0 Å². The van der Waals surface area contributed by atoms with Crippen molar-refractivity contribution in [3.8, 4) is 0 Å². The van der Waals surface area contributed by atoms with E-state index < -0.39 is 8.32 Å². The van der Waals surface area contributed by atoms with Crippen molar-refractivity contribution < 1.29 is 9.16 Å². The fourth-order valence-corrected chi connectivity index (χ4v) is 2.05. The van der Waals surface area contributed by atoms with Gasteiger partial charge in [-0.3, -0.25) is 0 Å². The molecule has 0 bridgehead atoms. The first kappa shape index (κ1) is 15.4. The average Bonchev–Trinajstić information content (AvgIpc) is 2.14. The maximum absolute atomic E-state index is 5.67. The molecule has 0 aromatic heterocycles. The number of alkyl halides is 1. The topological polar surface area (TPSA) is 18.5 Å². The standard InChI is InChI=1S/C11H25ClO2Si/c1-15(2,3)14-11-10-13-9-7-5-4-6-8-12/h4-11H2,1-3H3. The molecule has 0 N–H and O–H groups in total. The maximum atomic E-state index is 5.67. The normalized spacial score (nSPS) is 12.0. The Morgan fingerprint density at radius 1 is 0.867 bits per heavy atom. The van der Waals surface area contributed by atoms with Gasteiger partial charge in [-0.25, -0.2) is 0 Å². The Balaban J connectivity index is 2.99. The monoisotopic (exact) mass is 252 g/mol. The summed E-state index contributed by atoms with van der Waals surface area (Å²) in [6, 6.07) is 0. The van der Waals surface area contributed by atoms with Gasteiger partial charge in [0.1, 0.15) is 0 Å². The molecule has 0 unspecified atom stereocenters. The molecule has 0 spiro atoms. The molecule has 4 heteroatoms. The van der Waals surface area contributed by atoms with Crippen molar-refractivity contribution >= 4 is 19.9 Å². The highest BCUT2D eigenvalue weighted by Gasteiger charge is 2.12. The second-order valence-electron chi connectivity index (χ2n) is 4.68. The summed E-state index contributed by atoms with van der Waals surface area (Å²) in [4.78, 5) is 0. The lowest BCUT2D eigenvalue weighted by atomic mass is 10.2. The molecule has 0 fully saturated rings. The van der Waals surface area contributed by atoms with Gasteiger partial charge in [0.05, 0.1) is 13.2 Å². The third kappa shape index (κ3) is 14.4. The van der Waals surface area contributed by atoms with Crippen LogP contribution in [0.25, 0.3) is 0 Å². The molecule has 0 aliphatic rings. The van der Waals surface area contributed by atoms with Crippen LogP contribution in [0.5, 0.6) is 0 Å². The molecular weight excluding hydrogens is 228 g/mol. The van der Waals surface area contributed by atoms with Crippen molar-refractivity contribution in [2.75, 3.05) is 25.7 Å². The van der Waals surface area contributed by atoms with Crippen molar-refractivity contribution in [1.82, 2.24) is 0 Å². The highest BCUT2D eigenvalue weighted by molar-refractivity contribution is 6.69. The summed E-state index contributed by atoms with van der Waals surface area (Å²) < 4.78 is 11.1. The van der Waals surface area contributed by atoms with Crippen molar-refractivity contribution in [2.45, 2.75) is 45.3 Å². The SMILES string of the molecule is C[Si](C)(C)OCCOCCCCCCCl. The minimum atomic E-state index is -1.34. The molecule has 15 heavy (non-hydrogen) atoms. The first-order valence-corrected chi connectivity index (χ1v) is 9.78. The van der Waals surface area contributed by atoms with Gasteiger partial charge >= 0.3 is 0 Å². The van der Waals surface area contributed by atoms with Crippen LogP contribution in [0.1, 0.15) is 25.7 Å². The predicted octanol–water partition coefficient (Wildman–Crippen LogP) is 3.65. The summed E-state index contributed by atoms with van der Waals surface area (Å²) in [6.45, 7) is 8.92. The van der Waals surface area contributed by atoms with E-state index in [2.05, 4.69) is 19.6 Å². The Hall–Kier alpha value is 0.427. The van der Waals surface area contributed by atoms with E-state index >= 15 is 0 Å². The summed E-state index contributed by atoms with van der Waals surface area (Å²) >= 11 is 5.58. The van der Waals surface area contributed by atoms with Gasteiger partial charge in [-0.05, 0) is 32.5 Å². The molecule has 0 radical (unpaired) electrons. The zero-order chi connectivity index (χ0) is 11.6. The molecule has 0 amide bonds. The molecule has 0 aromatic carbocycles. The number of unbranched alkanes of at least 4 members (excludes halogenated alkanes) is 3. The summed E-state index contributed by atoms with van der Waals surface area (Å²) in [7, 11) is -1.34. The summed E-state index contributed by atoms with van der Waals surface area (Å²) in [5.74, 6) is 0.783. The van der Waals surface area contributed by atoms with Crippen LogP contribution in [0.2, 0.25) is 19.6 Å². The van der Waals surface area contributed by atoms with E-state index in [1.165, 1.54) is 12.8 Å². The summed E-state index contributed by atoms with van der Waals surface area (Å²) in [5, 5.41) is 0. The molecule has 0 atom stereocenters. The molecule has 0 rings (SSSR count). The van der Waals surface area contributed by atoms with Gasteiger partial charge in [-0.15, -0.1) is 11.6 Å². The van der Waals surface area contributed by atoms with E-state index in [0.717, 1.165) is 38.5 Å². The zero-order valence-corrected chi connectivity index (χ0v) is 12.1. The Bertz CT molecular complexity index is 137. The molecule has 92 valence electrons. The van der Waals surface area contributed by atoms with Gasteiger partial charge in [0, 0.05) is 12.5 Å². The fourth-order valence-electron chi connectivity index (χ4n) is 1.16. The smallest absolute Gasteiger partial charge is 0.183 e.